The van der Waals surface area contributed by atoms with Gasteiger partial charge in [0.1, 0.15) is 17.0 Å². The van der Waals surface area contributed by atoms with Gasteiger partial charge in [0.2, 0.25) is 5.88 Å². The van der Waals surface area contributed by atoms with Crippen LogP contribution >= 0.6 is 11.8 Å². The van der Waals surface area contributed by atoms with E-state index in [1.54, 1.807) is 12.1 Å². The van der Waals surface area contributed by atoms with Gasteiger partial charge in [-0.05, 0) is 54.7 Å². The van der Waals surface area contributed by atoms with Gasteiger partial charge in [0, 0.05) is 17.0 Å². The van der Waals surface area contributed by atoms with E-state index in [2.05, 4.69) is 35.3 Å². The van der Waals surface area contributed by atoms with Gasteiger partial charge in [-0.2, -0.15) is 0 Å². The molecule has 0 saturated carbocycles. The maximum Gasteiger partial charge on any atom is 0.219 e. The molecule has 2 heterocycles. The molecular formula is C27H22N2O2S. The van der Waals surface area contributed by atoms with Gasteiger partial charge in [0.05, 0.1) is 16.3 Å². The summed E-state index contributed by atoms with van der Waals surface area (Å²) in [6.07, 6.45) is 3.45. The second-order valence-corrected chi connectivity index (χ2v) is 9.39. The maximum atomic E-state index is 10.1. The van der Waals surface area contributed by atoms with Crippen LogP contribution in [0.15, 0.2) is 83.9 Å². The summed E-state index contributed by atoms with van der Waals surface area (Å²) >= 11 is 1.87. The van der Waals surface area contributed by atoms with Gasteiger partial charge in [-0.25, -0.2) is 4.98 Å². The fourth-order valence-electron chi connectivity index (χ4n) is 4.60. The first-order chi connectivity index (χ1) is 15.7. The summed E-state index contributed by atoms with van der Waals surface area (Å²) in [5, 5.41) is 12.4. The lowest BCUT2D eigenvalue weighted by atomic mass is 10.0. The first-order valence-corrected chi connectivity index (χ1v) is 11.8. The number of aliphatic imine (C=N–C) groups is 1. The Labute approximate surface area is 191 Å². The standard InChI is InChI=1S/C27H22N2O2S/c30-23-13-5-8-18-14-15-24(29-25(18)23)31-20-10-3-9-19(16-20)27-28-22-12-4-7-17-6-1-2-11-21(17)26(22)32-27/h1-3,5-6,8-11,13-16,22,26,30H,4,7,12H2/t22-,26+/m0/s1. The first-order valence-electron chi connectivity index (χ1n) is 10.9. The highest BCUT2D eigenvalue weighted by atomic mass is 32.2. The Morgan fingerprint density at radius 2 is 1.84 bits per heavy atom. The average molecular weight is 439 g/mol. The molecule has 0 amide bonds. The van der Waals surface area contributed by atoms with E-state index in [4.69, 9.17) is 9.73 Å². The van der Waals surface area contributed by atoms with Crippen molar-refractivity contribution >= 4 is 27.7 Å². The molecule has 3 aromatic carbocycles. The number of hydrogen-bond acceptors (Lipinski definition) is 5. The van der Waals surface area contributed by atoms with Crippen molar-refractivity contribution in [1.82, 2.24) is 4.98 Å². The minimum atomic E-state index is 0.150. The summed E-state index contributed by atoms with van der Waals surface area (Å²) in [5.74, 6) is 1.31. The van der Waals surface area contributed by atoms with Gasteiger partial charge in [0.25, 0.3) is 0 Å². The van der Waals surface area contributed by atoms with E-state index in [1.165, 1.54) is 17.5 Å². The predicted octanol–water partition coefficient (Wildman–Crippen LogP) is 6.67. The zero-order chi connectivity index (χ0) is 21.5. The predicted molar refractivity (Wildman–Crippen MR) is 130 cm³/mol. The molecule has 2 atom stereocenters. The van der Waals surface area contributed by atoms with Crippen molar-refractivity contribution in [1.29, 1.82) is 0 Å². The number of rotatable bonds is 3. The Kier molecular flexibility index (Phi) is 4.84. The number of aromatic hydroxyl groups is 1. The van der Waals surface area contributed by atoms with Crippen molar-refractivity contribution in [2.24, 2.45) is 4.99 Å². The molecule has 0 spiro atoms. The number of para-hydroxylation sites is 1. The molecular weight excluding hydrogens is 416 g/mol. The quantitative estimate of drug-likeness (QED) is 0.388. The molecule has 158 valence electrons. The molecule has 1 aliphatic heterocycles. The van der Waals surface area contributed by atoms with Crippen LogP contribution in [-0.2, 0) is 6.42 Å². The van der Waals surface area contributed by atoms with E-state index in [0.717, 1.165) is 28.8 Å². The van der Waals surface area contributed by atoms with Crippen LogP contribution in [0, 0.1) is 0 Å². The number of hydrogen-bond donors (Lipinski definition) is 1. The van der Waals surface area contributed by atoms with Crippen LogP contribution in [0.5, 0.6) is 17.4 Å². The summed E-state index contributed by atoms with van der Waals surface area (Å²) in [7, 11) is 0. The van der Waals surface area contributed by atoms with Gasteiger partial charge in [-0.15, -0.1) is 0 Å². The number of benzene rings is 3. The number of thioether (sulfide) groups is 1. The number of nitrogens with zero attached hydrogens (tertiary/aromatic N) is 2. The van der Waals surface area contributed by atoms with Crippen molar-refractivity contribution in [2.75, 3.05) is 0 Å². The third-order valence-corrected chi connectivity index (χ3v) is 7.54. The lowest BCUT2D eigenvalue weighted by Gasteiger charge is -2.16. The Balaban J connectivity index is 1.27. The van der Waals surface area contributed by atoms with Crippen LogP contribution in [-0.4, -0.2) is 21.2 Å². The molecule has 5 heteroatoms. The SMILES string of the molecule is Oc1cccc2ccc(Oc3cccc(C4=N[C@H]5CCCc6ccccc6[C@H]5S4)c3)nc12. The second kappa shape index (κ2) is 7.99. The van der Waals surface area contributed by atoms with Crippen molar-refractivity contribution < 1.29 is 9.84 Å². The number of pyridine rings is 1. The van der Waals surface area contributed by atoms with E-state index >= 15 is 0 Å². The number of fused-ring (bicyclic) bond motifs is 4. The Morgan fingerprint density at radius 1 is 0.938 bits per heavy atom. The highest BCUT2D eigenvalue weighted by molar-refractivity contribution is 8.15. The summed E-state index contributed by atoms with van der Waals surface area (Å²) in [6, 6.07) is 26.3. The highest BCUT2D eigenvalue weighted by Crippen LogP contribution is 2.47. The minimum absolute atomic E-state index is 0.150. The number of phenolic OH excluding ortho intramolecular Hbond substituents is 1. The molecule has 6 rings (SSSR count). The third kappa shape index (κ3) is 3.53. The number of aromatic nitrogens is 1. The fourth-order valence-corrected chi connectivity index (χ4v) is 6.01. The molecule has 0 unspecified atom stereocenters. The van der Waals surface area contributed by atoms with E-state index in [9.17, 15) is 5.11 Å². The van der Waals surface area contributed by atoms with Crippen LogP contribution in [0.2, 0.25) is 0 Å². The third-order valence-electron chi connectivity index (χ3n) is 6.16. The van der Waals surface area contributed by atoms with E-state index in [-0.39, 0.29) is 5.75 Å². The molecule has 1 aromatic heterocycles. The van der Waals surface area contributed by atoms with Crippen molar-refractivity contribution in [2.45, 2.75) is 30.6 Å². The molecule has 2 aliphatic rings. The Bertz CT molecular complexity index is 1350. The smallest absolute Gasteiger partial charge is 0.219 e. The molecule has 4 aromatic rings. The second-order valence-electron chi connectivity index (χ2n) is 8.26. The normalized spacial score (nSPS) is 19.7. The fraction of sp³-hybridized carbons (Fsp3) is 0.185. The van der Waals surface area contributed by atoms with Gasteiger partial charge in [0.15, 0.2) is 0 Å². The van der Waals surface area contributed by atoms with E-state index < -0.39 is 0 Å². The van der Waals surface area contributed by atoms with Crippen LogP contribution in [0.1, 0.15) is 34.8 Å². The molecule has 1 N–H and O–H groups in total. The molecule has 32 heavy (non-hydrogen) atoms. The maximum absolute atomic E-state index is 10.1. The number of phenols is 1. The Hall–Kier alpha value is -3.31. The Morgan fingerprint density at radius 3 is 2.81 bits per heavy atom. The van der Waals surface area contributed by atoms with E-state index in [0.29, 0.717) is 28.4 Å². The molecule has 0 fully saturated rings. The van der Waals surface area contributed by atoms with Gasteiger partial charge in [-0.3, -0.25) is 4.99 Å². The average Bonchev–Trinajstić information content (AvgIpc) is 3.16. The zero-order valence-corrected chi connectivity index (χ0v) is 18.3. The zero-order valence-electron chi connectivity index (χ0n) is 17.4. The van der Waals surface area contributed by atoms with E-state index in [1.807, 2.05) is 48.2 Å². The van der Waals surface area contributed by atoms with Crippen LogP contribution in [0.25, 0.3) is 10.9 Å². The summed E-state index contributed by atoms with van der Waals surface area (Å²) in [4.78, 5) is 9.60. The first kappa shape index (κ1) is 19.4. The number of aryl methyl sites for hydroxylation is 1. The van der Waals surface area contributed by atoms with Crippen molar-refractivity contribution in [3.63, 3.8) is 0 Å². The van der Waals surface area contributed by atoms with Crippen LogP contribution < -0.4 is 4.74 Å². The van der Waals surface area contributed by atoms with Crippen LogP contribution in [0.3, 0.4) is 0 Å². The lowest BCUT2D eigenvalue weighted by Crippen LogP contribution is -2.08. The largest absolute Gasteiger partial charge is 0.506 e. The lowest BCUT2D eigenvalue weighted by molar-refractivity contribution is 0.460. The van der Waals surface area contributed by atoms with Crippen LogP contribution in [0.4, 0.5) is 0 Å². The molecule has 0 bridgehead atoms. The van der Waals surface area contributed by atoms with Crippen molar-refractivity contribution in [3.05, 3.63) is 95.6 Å². The number of ether oxygens (including phenoxy) is 1. The molecule has 0 saturated heterocycles. The molecule has 1 aliphatic carbocycles. The van der Waals surface area contributed by atoms with Gasteiger partial charge >= 0.3 is 0 Å². The molecule has 0 radical (unpaired) electrons. The minimum Gasteiger partial charge on any atom is -0.506 e. The topological polar surface area (TPSA) is 54.7 Å². The molecule has 4 nitrogen and oxygen atoms in total. The summed E-state index contributed by atoms with van der Waals surface area (Å²) < 4.78 is 6.05. The van der Waals surface area contributed by atoms with Crippen molar-refractivity contribution in [3.8, 4) is 17.4 Å². The van der Waals surface area contributed by atoms with Gasteiger partial charge < -0.3 is 9.84 Å². The highest BCUT2D eigenvalue weighted by Gasteiger charge is 2.34. The summed E-state index contributed by atoms with van der Waals surface area (Å²) in [5.41, 5.74) is 4.51. The van der Waals surface area contributed by atoms with Gasteiger partial charge in [-0.1, -0.05) is 60.3 Å². The monoisotopic (exact) mass is 438 g/mol. The summed E-state index contributed by atoms with van der Waals surface area (Å²) in [6.45, 7) is 0.